The minimum Gasteiger partial charge on any atom is -0.484 e. The Bertz CT molecular complexity index is 518. The average molecular weight is 330 g/mol. The Labute approximate surface area is 133 Å². The molecule has 0 aliphatic rings. The maximum absolute atomic E-state index is 12.6. The van der Waals surface area contributed by atoms with Crippen molar-refractivity contribution < 1.29 is 22.7 Å². The van der Waals surface area contributed by atoms with Gasteiger partial charge in [0, 0.05) is 6.54 Å². The van der Waals surface area contributed by atoms with Crippen LogP contribution in [0.3, 0.4) is 0 Å². The summed E-state index contributed by atoms with van der Waals surface area (Å²) in [6.07, 6.45) is -1.19. The molecule has 0 fully saturated rings. The van der Waals surface area contributed by atoms with Gasteiger partial charge in [0.05, 0.1) is 5.56 Å². The second kappa shape index (κ2) is 9.19. The Morgan fingerprint density at radius 2 is 2.17 bits per heavy atom. The number of carbonyl (C=O) groups is 1. The van der Waals surface area contributed by atoms with E-state index in [4.69, 9.17) is 10.5 Å². The van der Waals surface area contributed by atoms with Crippen molar-refractivity contribution in [2.75, 3.05) is 19.7 Å². The molecule has 0 aromatic heterocycles. The molecular weight excluding hydrogens is 309 g/mol. The van der Waals surface area contributed by atoms with E-state index < -0.39 is 17.6 Å². The van der Waals surface area contributed by atoms with Crippen molar-refractivity contribution in [3.63, 3.8) is 0 Å². The van der Waals surface area contributed by atoms with E-state index in [-0.39, 0.29) is 18.3 Å². The molecule has 0 radical (unpaired) electrons. The standard InChI is InChI=1S/C16H21F3N2O2/c1-2-4-12(10-20)7-8-21-15(22)11-23-14-6-3-5-13(9-14)16(17,18)19/h2-3,5-6,9,12H,1,4,7-8,10-11,20H2,(H,21,22). The fourth-order valence-corrected chi connectivity index (χ4v) is 1.95. The summed E-state index contributed by atoms with van der Waals surface area (Å²) in [6.45, 7) is 4.23. The quantitative estimate of drug-likeness (QED) is 0.684. The number of carbonyl (C=O) groups excluding carboxylic acids is 1. The maximum Gasteiger partial charge on any atom is 0.416 e. The van der Waals surface area contributed by atoms with Gasteiger partial charge in [0.2, 0.25) is 0 Å². The van der Waals surface area contributed by atoms with Crippen LogP contribution < -0.4 is 15.8 Å². The Morgan fingerprint density at radius 1 is 1.43 bits per heavy atom. The fraction of sp³-hybridized carbons (Fsp3) is 0.438. The topological polar surface area (TPSA) is 64.3 Å². The van der Waals surface area contributed by atoms with Gasteiger partial charge >= 0.3 is 6.18 Å². The van der Waals surface area contributed by atoms with E-state index >= 15 is 0 Å². The Kier molecular flexibility index (Phi) is 7.61. The number of alkyl halides is 3. The first-order valence-corrected chi connectivity index (χ1v) is 7.24. The van der Waals surface area contributed by atoms with Crippen LogP contribution in [0.5, 0.6) is 5.75 Å². The molecule has 23 heavy (non-hydrogen) atoms. The predicted molar refractivity (Wildman–Crippen MR) is 81.9 cm³/mol. The van der Waals surface area contributed by atoms with Crippen LogP contribution in [-0.4, -0.2) is 25.6 Å². The number of benzene rings is 1. The monoisotopic (exact) mass is 330 g/mol. The van der Waals surface area contributed by atoms with Gasteiger partial charge in [-0.25, -0.2) is 0 Å². The van der Waals surface area contributed by atoms with E-state index in [9.17, 15) is 18.0 Å². The average Bonchev–Trinajstić information content (AvgIpc) is 2.51. The molecule has 0 bridgehead atoms. The van der Waals surface area contributed by atoms with E-state index in [1.165, 1.54) is 12.1 Å². The minimum absolute atomic E-state index is 0.00136. The normalized spacial score (nSPS) is 12.5. The minimum atomic E-state index is -4.44. The molecule has 3 N–H and O–H groups in total. The number of hydrogen-bond donors (Lipinski definition) is 2. The van der Waals surface area contributed by atoms with Crippen molar-refractivity contribution in [3.05, 3.63) is 42.5 Å². The molecule has 4 nitrogen and oxygen atoms in total. The van der Waals surface area contributed by atoms with Gasteiger partial charge in [-0.2, -0.15) is 13.2 Å². The van der Waals surface area contributed by atoms with Crippen LogP contribution >= 0.6 is 0 Å². The molecule has 0 spiro atoms. The second-order valence-electron chi connectivity index (χ2n) is 5.08. The highest BCUT2D eigenvalue weighted by molar-refractivity contribution is 5.77. The Morgan fingerprint density at radius 3 is 2.78 bits per heavy atom. The summed E-state index contributed by atoms with van der Waals surface area (Å²) < 4.78 is 42.7. The van der Waals surface area contributed by atoms with Crippen LogP contribution in [0.25, 0.3) is 0 Å². The second-order valence-corrected chi connectivity index (χ2v) is 5.08. The van der Waals surface area contributed by atoms with Crippen LogP contribution in [0.15, 0.2) is 36.9 Å². The van der Waals surface area contributed by atoms with Gasteiger partial charge in [-0.15, -0.1) is 6.58 Å². The number of nitrogens with two attached hydrogens (primary N) is 1. The van der Waals surface area contributed by atoms with E-state index in [0.29, 0.717) is 19.5 Å². The molecule has 0 saturated carbocycles. The maximum atomic E-state index is 12.6. The van der Waals surface area contributed by atoms with Gasteiger partial charge in [0.1, 0.15) is 5.75 Å². The number of rotatable bonds is 9. The molecule has 7 heteroatoms. The molecule has 0 aliphatic carbocycles. The zero-order valence-corrected chi connectivity index (χ0v) is 12.7. The van der Waals surface area contributed by atoms with Gasteiger partial charge in [-0.05, 0) is 43.5 Å². The van der Waals surface area contributed by atoms with Gasteiger partial charge in [0.15, 0.2) is 6.61 Å². The van der Waals surface area contributed by atoms with Crippen molar-refractivity contribution in [2.24, 2.45) is 11.7 Å². The Hall–Kier alpha value is -2.02. The number of halogens is 3. The van der Waals surface area contributed by atoms with Gasteiger partial charge in [-0.1, -0.05) is 12.1 Å². The molecule has 0 saturated heterocycles. The lowest BCUT2D eigenvalue weighted by atomic mass is 10.0. The third kappa shape index (κ3) is 7.19. The van der Waals surface area contributed by atoms with Crippen LogP contribution in [-0.2, 0) is 11.0 Å². The lowest BCUT2D eigenvalue weighted by Gasteiger charge is -2.13. The fourth-order valence-electron chi connectivity index (χ4n) is 1.95. The summed E-state index contributed by atoms with van der Waals surface area (Å²) in [5.74, 6) is -0.143. The smallest absolute Gasteiger partial charge is 0.416 e. The summed E-state index contributed by atoms with van der Waals surface area (Å²) >= 11 is 0. The zero-order valence-electron chi connectivity index (χ0n) is 12.7. The third-order valence-electron chi connectivity index (χ3n) is 3.24. The largest absolute Gasteiger partial charge is 0.484 e. The van der Waals surface area contributed by atoms with Gasteiger partial charge in [0.25, 0.3) is 5.91 Å². The van der Waals surface area contributed by atoms with Crippen molar-refractivity contribution in [3.8, 4) is 5.75 Å². The highest BCUT2D eigenvalue weighted by Crippen LogP contribution is 2.31. The molecule has 1 aromatic rings. The highest BCUT2D eigenvalue weighted by Gasteiger charge is 2.30. The van der Waals surface area contributed by atoms with Crippen LogP contribution in [0, 0.1) is 5.92 Å². The summed E-state index contributed by atoms with van der Waals surface area (Å²) in [5, 5.41) is 2.64. The summed E-state index contributed by atoms with van der Waals surface area (Å²) in [7, 11) is 0. The van der Waals surface area contributed by atoms with E-state index in [1.54, 1.807) is 6.08 Å². The molecule has 1 unspecified atom stereocenters. The molecule has 0 aliphatic heterocycles. The number of amides is 1. The van der Waals surface area contributed by atoms with Gasteiger partial charge in [-0.3, -0.25) is 4.79 Å². The SMILES string of the molecule is C=CCC(CN)CCNC(=O)COc1cccc(C(F)(F)F)c1. The van der Waals surface area contributed by atoms with Crippen LogP contribution in [0.4, 0.5) is 13.2 Å². The summed E-state index contributed by atoms with van der Waals surface area (Å²) in [4.78, 5) is 11.6. The summed E-state index contributed by atoms with van der Waals surface area (Å²) in [6, 6.07) is 4.41. The van der Waals surface area contributed by atoms with Crippen molar-refractivity contribution in [1.82, 2.24) is 5.32 Å². The molecule has 128 valence electrons. The molecule has 0 heterocycles. The number of hydrogen-bond acceptors (Lipinski definition) is 3. The lowest BCUT2D eigenvalue weighted by molar-refractivity contribution is -0.137. The van der Waals surface area contributed by atoms with Crippen molar-refractivity contribution in [1.29, 1.82) is 0 Å². The molecule has 1 aromatic carbocycles. The predicted octanol–water partition coefficient (Wildman–Crippen LogP) is 2.74. The van der Waals surface area contributed by atoms with Crippen molar-refractivity contribution in [2.45, 2.75) is 19.0 Å². The van der Waals surface area contributed by atoms with E-state index in [2.05, 4.69) is 11.9 Å². The molecule has 1 rings (SSSR count). The number of nitrogens with one attached hydrogen (secondary N) is 1. The van der Waals surface area contributed by atoms with Gasteiger partial charge < -0.3 is 15.8 Å². The van der Waals surface area contributed by atoms with Crippen molar-refractivity contribution >= 4 is 5.91 Å². The summed E-state index contributed by atoms with van der Waals surface area (Å²) in [5.41, 5.74) is 4.77. The lowest BCUT2D eigenvalue weighted by Crippen LogP contribution is -2.31. The zero-order chi connectivity index (χ0) is 17.3. The van der Waals surface area contributed by atoms with Crippen LogP contribution in [0.1, 0.15) is 18.4 Å². The molecular formula is C16H21F3N2O2. The molecule has 1 amide bonds. The molecule has 1 atom stereocenters. The first-order valence-electron chi connectivity index (χ1n) is 7.24. The first-order chi connectivity index (χ1) is 10.9. The van der Waals surface area contributed by atoms with E-state index in [1.807, 2.05) is 0 Å². The van der Waals surface area contributed by atoms with Crippen LogP contribution in [0.2, 0.25) is 0 Å². The number of ether oxygens (including phenoxy) is 1. The first kappa shape index (κ1) is 19.0. The Balaban J connectivity index is 2.37. The highest BCUT2D eigenvalue weighted by atomic mass is 19.4. The third-order valence-corrected chi connectivity index (χ3v) is 3.24. The van der Waals surface area contributed by atoms with E-state index in [0.717, 1.165) is 18.6 Å². The number of allylic oxidation sites excluding steroid dienone is 1.